The lowest BCUT2D eigenvalue weighted by atomic mass is 9.74. The van der Waals surface area contributed by atoms with Crippen LogP contribution in [0.3, 0.4) is 0 Å². The van der Waals surface area contributed by atoms with E-state index in [2.05, 4.69) is 29.3 Å². The lowest BCUT2D eigenvalue weighted by Gasteiger charge is -2.39. The van der Waals surface area contributed by atoms with Crippen LogP contribution in [-0.4, -0.2) is 52.6 Å². The van der Waals surface area contributed by atoms with Crippen molar-refractivity contribution in [2.45, 2.75) is 56.1 Å². The van der Waals surface area contributed by atoms with Crippen LogP contribution in [0.5, 0.6) is 0 Å². The molecule has 37 heavy (non-hydrogen) atoms. The molecule has 3 amide bonds. The van der Waals surface area contributed by atoms with Gasteiger partial charge in [0.1, 0.15) is 0 Å². The maximum atomic E-state index is 12.3. The lowest BCUT2D eigenvalue weighted by molar-refractivity contribution is -0.137. The van der Waals surface area contributed by atoms with E-state index in [0.29, 0.717) is 6.42 Å². The first kappa shape index (κ1) is 25.8. The van der Waals surface area contributed by atoms with Crippen LogP contribution in [0.1, 0.15) is 51.0 Å². The van der Waals surface area contributed by atoms with Gasteiger partial charge in [-0.3, -0.25) is 24.1 Å². The second-order valence-corrected chi connectivity index (χ2v) is 11.7. The Morgan fingerprint density at radius 1 is 1.11 bits per heavy atom. The Labute approximate surface area is 226 Å². The van der Waals surface area contributed by atoms with Gasteiger partial charge >= 0.3 is 0 Å². The van der Waals surface area contributed by atoms with Gasteiger partial charge in [0, 0.05) is 65.3 Å². The number of halogens is 1. The molecule has 0 spiro atoms. The van der Waals surface area contributed by atoms with E-state index in [1.165, 1.54) is 40.7 Å². The number of benzene rings is 1. The van der Waals surface area contributed by atoms with Crippen molar-refractivity contribution in [1.82, 2.24) is 10.2 Å². The van der Waals surface area contributed by atoms with Crippen molar-refractivity contribution >= 4 is 51.9 Å². The molecule has 9 heteroatoms. The standard InChI is InChI=1S/C28H30ClN3O4S/c1-28(13-4-2-3-5-23(33)30-14-16-32-24(34)9-10-25(32)35)20-8-6-18(29)17-21(20)31-15-12-22-19(27(28)31)7-11-26(36)37-22/h6-11,17,22H,2-5,12-16H2,1H3,(H,30,33). The fourth-order valence-corrected chi connectivity index (χ4v) is 7.02. The molecule has 4 aliphatic heterocycles. The molecule has 0 saturated carbocycles. The molecular formula is C28H30ClN3O4S. The van der Waals surface area contributed by atoms with Crippen molar-refractivity contribution in [2.24, 2.45) is 0 Å². The zero-order chi connectivity index (χ0) is 26.2. The Morgan fingerprint density at radius 2 is 1.89 bits per heavy atom. The van der Waals surface area contributed by atoms with Gasteiger partial charge in [-0.15, -0.1) is 0 Å². The number of allylic oxidation sites excluding steroid dienone is 2. The third-order valence-corrected chi connectivity index (χ3v) is 9.05. The van der Waals surface area contributed by atoms with Crippen molar-refractivity contribution in [2.75, 3.05) is 24.5 Å². The maximum Gasteiger partial charge on any atom is 0.253 e. The second kappa shape index (κ2) is 10.5. The summed E-state index contributed by atoms with van der Waals surface area (Å²) in [7, 11) is 0. The summed E-state index contributed by atoms with van der Waals surface area (Å²) in [5.74, 6) is -0.744. The van der Waals surface area contributed by atoms with E-state index >= 15 is 0 Å². The Hall–Kier alpha value is -2.84. The monoisotopic (exact) mass is 539 g/mol. The van der Waals surface area contributed by atoms with E-state index in [1.807, 2.05) is 12.1 Å². The molecule has 0 radical (unpaired) electrons. The Kier molecular flexibility index (Phi) is 7.32. The molecule has 0 aromatic heterocycles. The SMILES string of the molecule is CC1(CCCCCC(=O)NCCN2C(=O)C=CC2=O)C2=C3C=CC(=O)SC3CCN2c2cc(Cl)ccc21. The van der Waals surface area contributed by atoms with Gasteiger partial charge < -0.3 is 10.2 Å². The zero-order valence-corrected chi connectivity index (χ0v) is 22.4. The van der Waals surface area contributed by atoms with Crippen LogP contribution in [0.4, 0.5) is 5.69 Å². The van der Waals surface area contributed by atoms with E-state index in [0.717, 1.165) is 54.3 Å². The quantitative estimate of drug-likeness (QED) is 0.372. The van der Waals surface area contributed by atoms with Gasteiger partial charge in [0.2, 0.25) is 11.0 Å². The first-order chi connectivity index (χ1) is 17.8. The molecule has 4 heterocycles. The fourth-order valence-electron chi connectivity index (χ4n) is 5.89. The molecule has 5 rings (SSSR count). The number of carbonyl (C=O) groups excluding carboxylic acids is 4. The molecule has 1 aromatic carbocycles. The number of fused-ring (bicyclic) bond motifs is 4. The van der Waals surface area contributed by atoms with Gasteiger partial charge in [0.15, 0.2) is 0 Å². The predicted octanol–water partition coefficient (Wildman–Crippen LogP) is 4.27. The van der Waals surface area contributed by atoms with Crippen LogP contribution in [0.25, 0.3) is 0 Å². The Morgan fingerprint density at radius 3 is 2.68 bits per heavy atom. The molecule has 4 aliphatic rings. The number of imide groups is 1. The number of unbranched alkanes of at least 4 members (excludes halogenated alkanes) is 2. The third-order valence-electron chi connectivity index (χ3n) is 7.67. The topological polar surface area (TPSA) is 86.8 Å². The number of hydrogen-bond donors (Lipinski definition) is 1. The van der Waals surface area contributed by atoms with Gasteiger partial charge in [-0.25, -0.2) is 0 Å². The highest BCUT2D eigenvalue weighted by Gasteiger charge is 2.48. The summed E-state index contributed by atoms with van der Waals surface area (Å²) < 4.78 is 0. The highest BCUT2D eigenvalue weighted by molar-refractivity contribution is 8.14. The predicted molar refractivity (Wildman–Crippen MR) is 145 cm³/mol. The van der Waals surface area contributed by atoms with Gasteiger partial charge in [0.25, 0.3) is 11.8 Å². The molecule has 194 valence electrons. The van der Waals surface area contributed by atoms with Crippen LogP contribution in [0.2, 0.25) is 5.02 Å². The number of carbonyl (C=O) groups is 4. The highest BCUT2D eigenvalue weighted by Crippen LogP contribution is 2.55. The minimum absolute atomic E-state index is 0.0700. The minimum atomic E-state index is -0.337. The maximum absolute atomic E-state index is 12.3. The van der Waals surface area contributed by atoms with Crippen molar-refractivity contribution in [3.05, 3.63) is 64.4 Å². The van der Waals surface area contributed by atoms with Crippen LogP contribution in [0, 0.1) is 0 Å². The van der Waals surface area contributed by atoms with E-state index in [1.54, 1.807) is 6.08 Å². The highest BCUT2D eigenvalue weighted by atomic mass is 35.5. The van der Waals surface area contributed by atoms with Crippen molar-refractivity contribution < 1.29 is 19.2 Å². The average molecular weight is 540 g/mol. The summed E-state index contributed by atoms with van der Waals surface area (Å²) in [6, 6.07) is 6.15. The number of anilines is 1. The molecule has 2 atom stereocenters. The van der Waals surface area contributed by atoms with Crippen LogP contribution in [0.15, 0.2) is 53.8 Å². The molecule has 0 fully saturated rings. The molecule has 1 aromatic rings. The summed E-state index contributed by atoms with van der Waals surface area (Å²) in [4.78, 5) is 51.0. The van der Waals surface area contributed by atoms with E-state index in [-0.39, 0.29) is 46.6 Å². The number of hydrogen-bond acceptors (Lipinski definition) is 6. The third kappa shape index (κ3) is 5.01. The fraction of sp³-hybridized carbons (Fsp3) is 0.429. The molecule has 0 aliphatic carbocycles. The van der Waals surface area contributed by atoms with Crippen molar-refractivity contribution in [3.63, 3.8) is 0 Å². The van der Waals surface area contributed by atoms with Crippen LogP contribution >= 0.6 is 23.4 Å². The number of thioether (sulfide) groups is 1. The summed E-state index contributed by atoms with van der Waals surface area (Å²) in [5, 5.41) is 3.84. The summed E-state index contributed by atoms with van der Waals surface area (Å²) >= 11 is 7.81. The van der Waals surface area contributed by atoms with Crippen LogP contribution < -0.4 is 10.2 Å². The van der Waals surface area contributed by atoms with Crippen molar-refractivity contribution in [1.29, 1.82) is 0 Å². The van der Waals surface area contributed by atoms with Gasteiger partial charge in [0.05, 0.1) is 0 Å². The molecule has 0 bridgehead atoms. The number of nitrogens with zero attached hydrogens (tertiary/aromatic N) is 2. The molecule has 2 unspecified atom stereocenters. The smallest absolute Gasteiger partial charge is 0.253 e. The summed E-state index contributed by atoms with van der Waals surface area (Å²) in [6.07, 6.45) is 11.1. The minimum Gasteiger partial charge on any atom is -0.354 e. The largest absolute Gasteiger partial charge is 0.354 e. The molecular weight excluding hydrogens is 510 g/mol. The van der Waals surface area contributed by atoms with Gasteiger partial charge in [-0.05, 0) is 55.5 Å². The Balaban J connectivity index is 1.19. The van der Waals surface area contributed by atoms with Gasteiger partial charge in [-0.1, -0.05) is 48.3 Å². The lowest BCUT2D eigenvalue weighted by Crippen LogP contribution is -2.38. The number of rotatable bonds is 9. The summed E-state index contributed by atoms with van der Waals surface area (Å²) in [6.45, 7) is 3.61. The van der Waals surface area contributed by atoms with E-state index in [9.17, 15) is 19.2 Å². The zero-order valence-electron chi connectivity index (χ0n) is 20.8. The second-order valence-electron chi connectivity index (χ2n) is 10.1. The first-order valence-corrected chi connectivity index (χ1v) is 14.0. The molecule has 7 nitrogen and oxygen atoms in total. The van der Waals surface area contributed by atoms with Crippen LogP contribution in [-0.2, 0) is 24.6 Å². The number of nitrogens with one attached hydrogen (secondary N) is 1. The average Bonchev–Trinajstić information content (AvgIpc) is 3.32. The van der Waals surface area contributed by atoms with E-state index < -0.39 is 0 Å². The molecule has 1 N–H and O–H groups in total. The summed E-state index contributed by atoms with van der Waals surface area (Å²) in [5.41, 5.74) is 4.78. The number of amides is 3. The normalized spacial score (nSPS) is 24.1. The first-order valence-electron chi connectivity index (χ1n) is 12.8. The van der Waals surface area contributed by atoms with Crippen molar-refractivity contribution in [3.8, 4) is 0 Å². The Bertz CT molecular complexity index is 1240. The molecule has 0 saturated heterocycles. The van der Waals surface area contributed by atoms with Gasteiger partial charge in [-0.2, -0.15) is 0 Å². The van der Waals surface area contributed by atoms with E-state index in [4.69, 9.17) is 11.6 Å².